The highest BCUT2D eigenvalue weighted by Crippen LogP contribution is 2.22. The lowest BCUT2D eigenvalue weighted by molar-refractivity contribution is -0.116. The summed E-state index contributed by atoms with van der Waals surface area (Å²) in [5.41, 5.74) is 3.65. The predicted octanol–water partition coefficient (Wildman–Crippen LogP) is 4.42. The molecule has 3 rings (SSSR count). The van der Waals surface area contributed by atoms with Crippen LogP contribution in [0.4, 0.5) is 5.82 Å². The molecule has 1 N–H and O–H groups in total. The molecular weight excluding hydrogens is 338 g/mol. The van der Waals surface area contributed by atoms with Gasteiger partial charge in [-0.3, -0.25) is 4.79 Å². The van der Waals surface area contributed by atoms with Crippen LogP contribution in [0.2, 0.25) is 0 Å². The van der Waals surface area contributed by atoms with E-state index in [9.17, 15) is 4.79 Å². The van der Waals surface area contributed by atoms with Gasteiger partial charge >= 0.3 is 0 Å². The van der Waals surface area contributed by atoms with Crippen molar-refractivity contribution in [3.63, 3.8) is 0 Å². The highest BCUT2D eigenvalue weighted by atomic mass is 16.5. The topological polar surface area (TPSA) is 64.1 Å². The van der Waals surface area contributed by atoms with Gasteiger partial charge in [-0.15, -0.1) is 0 Å². The summed E-state index contributed by atoms with van der Waals surface area (Å²) in [4.78, 5) is 21.1. The molecule has 0 spiro atoms. The Bertz CT molecular complexity index is 893. The van der Waals surface area contributed by atoms with Crippen molar-refractivity contribution in [3.05, 3.63) is 72.1 Å². The first kappa shape index (κ1) is 18.6. The van der Waals surface area contributed by atoms with E-state index in [0.717, 1.165) is 29.8 Å². The van der Waals surface area contributed by atoms with E-state index in [-0.39, 0.29) is 5.91 Å². The number of nitrogens with zero attached hydrogens (tertiary/aromatic N) is 2. The SMILES string of the molecule is COc1ccc(-c2cnc(NC(=O)CCCc3ccccc3)c(C)n2)cc1. The lowest BCUT2D eigenvalue weighted by Gasteiger charge is -2.09. The van der Waals surface area contributed by atoms with E-state index >= 15 is 0 Å². The largest absolute Gasteiger partial charge is 0.497 e. The van der Waals surface area contributed by atoms with Crippen molar-refractivity contribution < 1.29 is 9.53 Å². The van der Waals surface area contributed by atoms with E-state index in [1.165, 1.54) is 5.56 Å². The lowest BCUT2D eigenvalue weighted by atomic mass is 10.1. The van der Waals surface area contributed by atoms with E-state index in [0.29, 0.717) is 17.9 Å². The first-order chi connectivity index (χ1) is 13.2. The molecule has 138 valence electrons. The molecule has 27 heavy (non-hydrogen) atoms. The molecule has 0 radical (unpaired) electrons. The van der Waals surface area contributed by atoms with Crippen molar-refractivity contribution >= 4 is 11.7 Å². The van der Waals surface area contributed by atoms with Gasteiger partial charge in [0.25, 0.3) is 0 Å². The average molecular weight is 361 g/mol. The number of hydrogen-bond acceptors (Lipinski definition) is 4. The number of aryl methyl sites for hydroxylation is 2. The summed E-state index contributed by atoms with van der Waals surface area (Å²) in [5.74, 6) is 1.26. The zero-order valence-corrected chi connectivity index (χ0v) is 15.6. The monoisotopic (exact) mass is 361 g/mol. The molecule has 5 heteroatoms. The van der Waals surface area contributed by atoms with Crippen LogP contribution >= 0.6 is 0 Å². The lowest BCUT2D eigenvalue weighted by Crippen LogP contribution is -2.14. The Kier molecular flexibility index (Phi) is 6.15. The third kappa shape index (κ3) is 5.14. The van der Waals surface area contributed by atoms with Gasteiger partial charge < -0.3 is 10.1 Å². The van der Waals surface area contributed by atoms with Crippen molar-refractivity contribution in [3.8, 4) is 17.0 Å². The molecule has 3 aromatic rings. The van der Waals surface area contributed by atoms with Gasteiger partial charge in [-0.25, -0.2) is 9.97 Å². The molecule has 1 heterocycles. The quantitative estimate of drug-likeness (QED) is 0.676. The average Bonchev–Trinajstić information content (AvgIpc) is 2.70. The number of ether oxygens (including phenoxy) is 1. The zero-order chi connectivity index (χ0) is 19.1. The van der Waals surface area contributed by atoms with E-state index in [1.54, 1.807) is 13.3 Å². The van der Waals surface area contributed by atoms with Crippen LogP contribution in [-0.4, -0.2) is 23.0 Å². The fourth-order valence-electron chi connectivity index (χ4n) is 2.80. The highest BCUT2D eigenvalue weighted by molar-refractivity contribution is 5.90. The van der Waals surface area contributed by atoms with Gasteiger partial charge in [-0.1, -0.05) is 30.3 Å². The number of amides is 1. The number of carbonyl (C=O) groups is 1. The minimum atomic E-state index is -0.0412. The van der Waals surface area contributed by atoms with Gasteiger partial charge in [-0.05, 0) is 49.6 Å². The second kappa shape index (κ2) is 8.94. The molecule has 1 amide bonds. The number of anilines is 1. The Labute approximate surface area is 159 Å². The van der Waals surface area contributed by atoms with Crippen LogP contribution in [0.15, 0.2) is 60.8 Å². The zero-order valence-electron chi connectivity index (χ0n) is 15.6. The molecule has 0 fully saturated rings. The summed E-state index contributed by atoms with van der Waals surface area (Å²) in [5, 5.41) is 2.86. The van der Waals surface area contributed by atoms with Gasteiger partial charge in [0.15, 0.2) is 5.82 Å². The second-order valence-corrected chi connectivity index (χ2v) is 6.31. The van der Waals surface area contributed by atoms with Gasteiger partial charge in [-0.2, -0.15) is 0 Å². The fraction of sp³-hybridized carbons (Fsp3) is 0.227. The van der Waals surface area contributed by atoms with Crippen LogP contribution in [0, 0.1) is 6.92 Å². The van der Waals surface area contributed by atoms with Crippen molar-refractivity contribution in [2.24, 2.45) is 0 Å². The molecule has 0 saturated heterocycles. The minimum absolute atomic E-state index is 0.0412. The summed E-state index contributed by atoms with van der Waals surface area (Å²) in [6.07, 6.45) is 3.81. The maximum Gasteiger partial charge on any atom is 0.225 e. The summed E-state index contributed by atoms with van der Waals surface area (Å²) in [6.45, 7) is 1.85. The number of nitrogens with one attached hydrogen (secondary N) is 1. The first-order valence-electron chi connectivity index (χ1n) is 8.97. The summed E-state index contributed by atoms with van der Waals surface area (Å²) >= 11 is 0. The van der Waals surface area contributed by atoms with Gasteiger partial charge in [0.1, 0.15) is 5.75 Å². The maximum absolute atomic E-state index is 12.2. The molecular formula is C22H23N3O2. The molecule has 5 nitrogen and oxygen atoms in total. The van der Waals surface area contributed by atoms with Gasteiger partial charge in [0.2, 0.25) is 5.91 Å². The van der Waals surface area contributed by atoms with Crippen molar-refractivity contribution in [2.75, 3.05) is 12.4 Å². The second-order valence-electron chi connectivity index (χ2n) is 6.31. The van der Waals surface area contributed by atoms with Gasteiger partial charge in [0.05, 0.1) is 24.7 Å². The Morgan fingerprint density at radius 1 is 1.07 bits per heavy atom. The van der Waals surface area contributed by atoms with E-state index < -0.39 is 0 Å². The normalized spacial score (nSPS) is 10.4. The third-order valence-corrected chi connectivity index (χ3v) is 4.30. The first-order valence-corrected chi connectivity index (χ1v) is 8.97. The van der Waals surface area contributed by atoms with E-state index in [4.69, 9.17) is 4.74 Å². The minimum Gasteiger partial charge on any atom is -0.497 e. The highest BCUT2D eigenvalue weighted by Gasteiger charge is 2.09. The molecule has 0 bridgehead atoms. The van der Waals surface area contributed by atoms with E-state index in [1.807, 2.05) is 49.4 Å². The van der Waals surface area contributed by atoms with Gasteiger partial charge in [0, 0.05) is 12.0 Å². The molecule has 0 aliphatic rings. The van der Waals surface area contributed by atoms with Crippen LogP contribution in [0.1, 0.15) is 24.1 Å². The van der Waals surface area contributed by atoms with Crippen molar-refractivity contribution in [2.45, 2.75) is 26.2 Å². The van der Waals surface area contributed by atoms with Crippen LogP contribution < -0.4 is 10.1 Å². The summed E-state index contributed by atoms with van der Waals surface area (Å²) < 4.78 is 5.17. The Hall–Kier alpha value is -3.21. The molecule has 0 atom stereocenters. The molecule has 0 saturated carbocycles. The number of hydrogen-bond donors (Lipinski definition) is 1. The number of methoxy groups -OCH3 is 1. The smallest absolute Gasteiger partial charge is 0.225 e. The van der Waals surface area contributed by atoms with Crippen LogP contribution in [0.3, 0.4) is 0 Å². The van der Waals surface area contributed by atoms with Crippen LogP contribution in [0.5, 0.6) is 5.75 Å². The Morgan fingerprint density at radius 3 is 2.48 bits per heavy atom. The third-order valence-electron chi connectivity index (χ3n) is 4.30. The number of benzene rings is 2. The summed E-state index contributed by atoms with van der Waals surface area (Å²) in [6, 6.07) is 17.8. The standard InChI is InChI=1S/C22H23N3O2/c1-16-22(25-21(26)10-6-9-17-7-4-3-5-8-17)23-15-20(24-16)18-11-13-19(27-2)14-12-18/h3-5,7-8,11-15H,6,9-10H2,1-2H3,(H,23,25,26). The molecule has 2 aromatic carbocycles. The molecule has 0 aliphatic carbocycles. The Morgan fingerprint density at radius 2 is 1.81 bits per heavy atom. The number of carbonyl (C=O) groups excluding carboxylic acids is 1. The molecule has 0 aliphatic heterocycles. The van der Waals surface area contributed by atoms with Crippen LogP contribution in [-0.2, 0) is 11.2 Å². The summed E-state index contributed by atoms with van der Waals surface area (Å²) in [7, 11) is 1.64. The maximum atomic E-state index is 12.2. The predicted molar refractivity (Wildman–Crippen MR) is 107 cm³/mol. The van der Waals surface area contributed by atoms with Crippen LogP contribution in [0.25, 0.3) is 11.3 Å². The molecule has 1 aromatic heterocycles. The van der Waals surface area contributed by atoms with Crippen molar-refractivity contribution in [1.82, 2.24) is 9.97 Å². The number of aromatic nitrogens is 2. The Balaban J connectivity index is 1.57. The molecule has 0 unspecified atom stereocenters. The fourth-order valence-corrected chi connectivity index (χ4v) is 2.80. The number of rotatable bonds is 7. The van der Waals surface area contributed by atoms with Crippen molar-refractivity contribution in [1.29, 1.82) is 0 Å². The van der Waals surface area contributed by atoms with E-state index in [2.05, 4.69) is 27.4 Å².